The minimum absolute atomic E-state index is 0.442. The molecule has 26 heavy (non-hydrogen) atoms. The van der Waals surface area contributed by atoms with Crippen LogP contribution in [0, 0.1) is 5.41 Å². The van der Waals surface area contributed by atoms with Crippen LogP contribution in [0.4, 0.5) is 5.69 Å². The van der Waals surface area contributed by atoms with Crippen LogP contribution in [0.3, 0.4) is 0 Å². The number of anilines is 1. The van der Waals surface area contributed by atoms with Crippen LogP contribution < -0.4 is 10.2 Å². The molecule has 3 heterocycles. The summed E-state index contributed by atoms with van der Waals surface area (Å²) in [5.74, 6) is 0. The molecule has 0 radical (unpaired) electrons. The van der Waals surface area contributed by atoms with Crippen molar-refractivity contribution in [2.45, 2.75) is 18.9 Å². The van der Waals surface area contributed by atoms with E-state index in [1.54, 1.807) is 13.3 Å². The molecule has 0 amide bonds. The maximum Gasteiger partial charge on any atom is 0.139 e. The molecule has 1 saturated heterocycles. The molecule has 0 bridgehead atoms. The van der Waals surface area contributed by atoms with Crippen LogP contribution in [0.2, 0.25) is 0 Å². The van der Waals surface area contributed by atoms with Crippen molar-refractivity contribution in [2.75, 3.05) is 38.3 Å². The van der Waals surface area contributed by atoms with Crippen molar-refractivity contribution >= 4 is 35.2 Å². The molecule has 7 heteroatoms. The van der Waals surface area contributed by atoms with Gasteiger partial charge in [-0.05, 0) is 25.6 Å². The van der Waals surface area contributed by atoms with Crippen molar-refractivity contribution in [3.8, 4) is 0 Å². The zero-order valence-corrected chi connectivity index (χ0v) is 15.2. The molecule has 0 aromatic carbocycles. The molecule has 1 fully saturated rings. The van der Waals surface area contributed by atoms with E-state index in [1.807, 2.05) is 12.4 Å². The number of rotatable bonds is 8. The predicted octanol–water partition coefficient (Wildman–Crippen LogP) is 2.46. The van der Waals surface area contributed by atoms with Crippen molar-refractivity contribution in [2.24, 2.45) is 4.99 Å². The molecular formula is C19H26N6O. The maximum absolute atomic E-state index is 7.71. The van der Waals surface area contributed by atoms with E-state index in [0.29, 0.717) is 11.6 Å². The normalized spacial score (nSPS) is 18.3. The van der Waals surface area contributed by atoms with Gasteiger partial charge in [0.05, 0.1) is 12.0 Å². The lowest BCUT2D eigenvalue weighted by Crippen LogP contribution is -2.46. The van der Waals surface area contributed by atoms with Gasteiger partial charge in [0.2, 0.25) is 0 Å². The van der Waals surface area contributed by atoms with Crippen molar-refractivity contribution in [3.05, 3.63) is 30.2 Å². The van der Waals surface area contributed by atoms with Crippen LogP contribution in [-0.4, -0.2) is 62.3 Å². The monoisotopic (exact) mass is 354 g/mol. The van der Waals surface area contributed by atoms with Crippen molar-refractivity contribution < 1.29 is 4.74 Å². The largest absolute Gasteiger partial charge is 0.383 e. The second-order valence-corrected chi connectivity index (χ2v) is 6.40. The Labute approximate surface area is 153 Å². The fourth-order valence-corrected chi connectivity index (χ4v) is 3.54. The number of piperidine rings is 1. The summed E-state index contributed by atoms with van der Waals surface area (Å²) >= 11 is 0. The topological polar surface area (TPSA) is 89.4 Å². The number of aromatic nitrogens is 2. The summed E-state index contributed by atoms with van der Waals surface area (Å²) < 4.78 is 5.14. The molecule has 1 aliphatic rings. The van der Waals surface area contributed by atoms with E-state index in [0.717, 1.165) is 54.9 Å². The Balaban J connectivity index is 1.92. The van der Waals surface area contributed by atoms with Gasteiger partial charge in [0, 0.05) is 74.4 Å². The van der Waals surface area contributed by atoms with E-state index in [4.69, 9.17) is 10.1 Å². The van der Waals surface area contributed by atoms with E-state index < -0.39 is 0 Å². The van der Waals surface area contributed by atoms with Crippen molar-refractivity contribution in [1.82, 2.24) is 15.3 Å². The van der Waals surface area contributed by atoms with Crippen LogP contribution in [0.1, 0.15) is 18.4 Å². The maximum atomic E-state index is 7.71. The number of nitrogens with one attached hydrogen (secondary N) is 3. The number of H-pyrrole nitrogens is 1. The van der Waals surface area contributed by atoms with Gasteiger partial charge in [-0.25, -0.2) is 4.98 Å². The third kappa shape index (κ3) is 3.84. The number of aromatic amines is 1. The Kier molecular flexibility index (Phi) is 6.14. The Morgan fingerprint density at radius 2 is 2.50 bits per heavy atom. The lowest BCUT2D eigenvalue weighted by molar-refractivity contribution is 0.194. The molecule has 2 aromatic heterocycles. The molecule has 0 aliphatic carbocycles. The fourth-order valence-electron chi connectivity index (χ4n) is 3.54. The second-order valence-electron chi connectivity index (χ2n) is 6.40. The summed E-state index contributed by atoms with van der Waals surface area (Å²) in [5, 5.41) is 12.3. The Hall–Kier alpha value is -2.51. The number of aliphatic imine (C=N–C) groups is 1. The average molecular weight is 354 g/mol. The first-order valence-corrected chi connectivity index (χ1v) is 8.88. The molecule has 2 aromatic rings. The number of ether oxygens (including phenoxy) is 1. The van der Waals surface area contributed by atoms with Gasteiger partial charge in [-0.2, -0.15) is 0 Å². The fraction of sp³-hybridized carbons (Fsp3) is 0.421. The van der Waals surface area contributed by atoms with Crippen LogP contribution >= 0.6 is 0 Å². The highest BCUT2D eigenvalue weighted by atomic mass is 16.5. The van der Waals surface area contributed by atoms with E-state index in [9.17, 15) is 0 Å². The van der Waals surface area contributed by atoms with Crippen LogP contribution in [0.25, 0.3) is 16.6 Å². The molecular weight excluding hydrogens is 328 g/mol. The van der Waals surface area contributed by atoms with E-state index in [1.165, 1.54) is 12.6 Å². The summed E-state index contributed by atoms with van der Waals surface area (Å²) in [5.41, 5.74) is 3.61. The van der Waals surface area contributed by atoms with Gasteiger partial charge in [0.25, 0.3) is 0 Å². The molecule has 138 valence electrons. The number of allylic oxidation sites excluding steroid dienone is 1. The van der Waals surface area contributed by atoms with Gasteiger partial charge >= 0.3 is 0 Å². The Bertz CT molecular complexity index is 796. The van der Waals surface area contributed by atoms with Gasteiger partial charge in [-0.15, -0.1) is 0 Å². The van der Waals surface area contributed by atoms with Gasteiger partial charge in [0.15, 0.2) is 0 Å². The van der Waals surface area contributed by atoms with E-state index in [-0.39, 0.29) is 0 Å². The van der Waals surface area contributed by atoms with E-state index >= 15 is 0 Å². The zero-order chi connectivity index (χ0) is 18.4. The second kappa shape index (κ2) is 8.73. The summed E-state index contributed by atoms with van der Waals surface area (Å²) in [6.07, 6.45) is 8.94. The van der Waals surface area contributed by atoms with Crippen molar-refractivity contribution in [1.29, 1.82) is 5.41 Å². The standard InChI is InChI=1S/C19H26N6O/c1-21-11-14(10-20)16-12-24-19-18(16)17(5-6-23-19)25-8-3-4-15(13-25)22-7-9-26-2/h5-6,10-12,15,20,22H,1,3-4,7-9,13H2,2H3,(H,23,24)/b14-11+,20-10?. The Morgan fingerprint density at radius 3 is 3.27 bits per heavy atom. The lowest BCUT2D eigenvalue weighted by Gasteiger charge is -2.35. The molecule has 0 saturated carbocycles. The highest BCUT2D eigenvalue weighted by Crippen LogP contribution is 2.33. The highest BCUT2D eigenvalue weighted by molar-refractivity contribution is 6.15. The zero-order valence-electron chi connectivity index (χ0n) is 15.2. The molecule has 1 aliphatic heterocycles. The van der Waals surface area contributed by atoms with Crippen LogP contribution in [0.15, 0.2) is 29.7 Å². The minimum atomic E-state index is 0.442. The number of hydrogen-bond donors (Lipinski definition) is 3. The third-order valence-electron chi connectivity index (χ3n) is 4.75. The summed E-state index contributed by atoms with van der Waals surface area (Å²) in [7, 11) is 1.72. The quantitative estimate of drug-likeness (QED) is 0.502. The SMILES string of the molecule is C=N/C=C(\C=N)c1c[nH]c2nccc(N3CCCC(NCCOC)C3)c12. The smallest absolute Gasteiger partial charge is 0.139 e. The van der Waals surface area contributed by atoms with Gasteiger partial charge < -0.3 is 25.3 Å². The third-order valence-corrected chi connectivity index (χ3v) is 4.75. The first-order valence-electron chi connectivity index (χ1n) is 8.88. The highest BCUT2D eigenvalue weighted by Gasteiger charge is 2.23. The molecule has 1 unspecified atom stereocenters. The minimum Gasteiger partial charge on any atom is -0.383 e. The lowest BCUT2D eigenvalue weighted by atomic mass is 10.0. The van der Waals surface area contributed by atoms with Gasteiger partial charge in [-0.1, -0.05) is 0 Å². The number of pyridine rings is 1. The van der Waals surface area contributed by atoms with E-state index in [2.05, 4.69) is 38.0 Å². The summed E-state index contributed by atoms with van der Waals surface area (Å²) in [6.45, 7) is 7.05. The summed E-state index contributed by atoms with van der Waals surface area (Å²) in [4.78, 5) is 13.9. The first kappa shape index (κ1) is 18.3. The molecule has 7 nitrogen and oxygen atoms in total. The number of fused-ring (bicyclic) bond motifs is 1. The predicted molar refractivity (Wildman–Crippen MR) is 108 cm³/mol. The average Bonchev–Trinajstić information content (AvgIpc) is 3.10. The van der Waals surface area contributed by atoms with Crippen LogP contribution in [-0.2, 0) is 4.74 Å². The number of hydrogen-bond acceptors (Lipinski definition) is 6. The van der Waals surface area contributed by atoms with Crippen LogP contribution in [0.5, 0.6) is 0 Å². The summed E-state index contributed by atoms with van der Waals surface area (Å²) in [6, 6.07) is 2.50. The van der Waals surface area contributed by atoms with Gasteiger partial charge in [0.1, 0.15) is 5.65 Å². The first-order chi connectivity index (χ1) is 12.8. The molecule has 0 spiro atoms. The Morgan fingerprint density at radius 1 is 1.62 bits per heavy atom. The van der Waals surface area contributed by atoms with Crippen molar-refractivity contribution in [3.63, 3.8) is 0 Å². The molecule has 1 atom stereocenters. The van der Waals surface area contributed by atoms with Gasteiger partial charge in [-0.3, -0.25) is 4.99 Å². The number of nitrogens with zero attached hydrogens (tertiary/aromatic N) is 3. The molecule has 3 N–H and O–H groups in total. The molecule has 3 rings (SSSR count). The number of methoxy groups -OCH3 is 1.